The molecular formula is C27H44N3O11P. The lowest BCUT2D eigenvalue weighted by molar-refractivity contribution is -0.205. The third-order valence-electron chi connectivity index (χ3n) is 6.48. The molecule has 2 rings (SSSR count). The number of unbranched alkanes of at least 4 members (excludes halogenated alkanes) is 1. The summed E-state index contributed by atoms with van der Waals surface area (Å²) in [6, 6.07) is 1.43. The van der Waals surface area contributed by atoms with E-state index in [2.05, 4.69) is 43.8 Å². The van der Waals surface area contributed by atoms with Crippen LogP contribution in [-0.4, -0.2) is 96.6 Å². The Morgan fingerprint density at radius 3 is 2.10 bits per heavy atom. The molecule has 2 fully saturated rings. The van der Waals surface area contributed by atoms with Crippen molar-refractivity contribution in [3.63, 3.8) is 0 Å². The van der Waals surface area contributed by atoms with Crippen LogP contribution in [0.25, 0.3) is 0 Å². The summed E-state index contributed by atoms with van der Waals surface area (Å²) in [5.74, 6) is -4.09. The van der Waals surface area contributed by atoms with E-state index in [0.29, 0.717) is 19.4 Å². The number of amides is 1. The lowest BCUT2D eigenvalue weighted by atomic mass is 10.1. The van der Waals surface area contributed by atoms with E-state index in [1.807, 2.05) is 0 Å². The smallest absolute Gasteiger partial charge is 0.303 e. The summed E-state index contributed by atoms with van der Waals surface area (Å²) in [5.41, 5.74) is -1.69. The highest BCUT2D eigenvalue weighted by molar-refractivity contribution is 7.44. The molecule has 6 atom stereocenters. The van der Waals surface area contributed by atoms with Crippen molar-refractivity contribution in [1.82, 2.24) is 9.99 Å². The SMILES string of the molecule is CC(=O)NC1C2(OCCCCOP(OCCC#N)N(C(C)C)C(C)C)OC(COC(C)=O)C(OC(C)=O)C12OC(C)=O. The second-order valence-corrected chi connectivity index (χ2v) is 12.1. The van der Waals surface area contributed by atoms with Crippen molar-refractivity contribution in [1.29, 1.82) is 5.26 Å². The number of rotatable bonds is 18. The fourth-order valence-electron chi connectivity index (χ4n) is 5.11. The maximum absolute atomic E-state index is 12.2. The largest absolute Gasteiger partial charge is 0.463 e. The number of esters is 3. The number of fused-ring (bicyclic) bond motifs is 1. The number of nitriles is 1. The Hall–Kier alpha value is -2.40. The van der Waals surface area contributed by atoms with Gasteiger partial charge in [0.1, 0.15) is 18.8 Å². The number of ether oxygens (including phenoxy) is 5. The molecule has 1 heterocycles. The zero-order chi connectivity index (χ0) is 31.7. The summed E-state index contributed by atoms with van der Waals surface area (Å²) in [4.78, 5) is 47.8. The molecule has 0 aromatic rings. The topological polar surface area (TPSA) is 172 Å². The van der Waals surface area contributed by atoms with Gasteiger partial charge >= 0.3 is 17.9 Å². The van der Waals surface area contributed by atoms with Crippen molar-refractivity contribution in [2.45, 2.75) is 116 Å². The standard InChI is InChI=1S/C27H44N3O11P/c1-17(2)30(18(3)4)42(38-15-11-12-28)37-14-10-9-13-36-27-25(29-19(5)31)26(27,40-22(8)34)24(39-21(7)33)23(41-27)16-35-20(6)32/h17-18,23-25H,9-11,13-16H2,1-8H3,(H,29,31). The van der Waals surface area contributed by atoms with Gasteiger partial charge in [-0.2, -0.15) is 5.26 Å². The maximum Gasteiger partial charge on any atom is 0.303 e. The van der Waals surface area contributed by atoms with E-state index in [-0.39, 0.29) is 38.3 Å². The fourth-order valence-corrected chi connectivity index (χ4v) is 6.74. The van der Waals surface area contributed by atoms with E-state index in [9.17, 15) is 19.2 Å². The molecule has 0 bridgehead atoms. The van der Waals surface area contributed by atoms with Gasteiger partial charge in [-0.3, -0.25) is 19.2 Å². The highest BCUT2D eigenvalue weighted by Gasteiger charge is 2.93. The summed E-state index contributed by atoms with van der Waals surface area (Å²) in [7, 11) is -1.39. The lowest BCUT2D eigenvalue weighted by Crippen LogP contribution is -2.49. The summed E-state index contributed by atoms with van der Waals surface area (Å²) in [6.07, 6.45) is -0.917. The first-order chi connectivity index (χ1) is 19.7. The number of carbonyl (C=O) groups excluding carboxylic acids is 4. The first-order valence-corrected chi connectivity index (χ1v) is 15.2. The number of nitrogens with one attached hydrogen (secondary N) is 1. The van der Waals surface area contributed by atoms with Crippen molar-refractivity contribution >= 4 is 32.3 Å². The quantitative estimate of drug-likeness (QED) is 0.103. The Labute approximate surface area is 248 Å². The van der Waals surface area contributed by atoms with Crippen LogP contribution in [0.1, 0.15) is 74.7 Å². The van der Waals surface area contributed by atoms with E-state index < -0.39 is 62.0 Å². The second-order valence-electron chi connectivity index (χ2n) is 10.6. The molecule has 1 aliphatic carbocycles. The van der Waals surface area contributed by atoms with Gasteiger partial charge < -0.3 is 38.0 Å². The first-order valence-electron chi connectivity index (χ1n) is 14.0. The molecule has 42 heavy (non-hydrogen) atoms. The van der Waals surface area contributed by atoms with Crippen molar-refractivity contribution in [3.8, 4) is 6.07 Å². The van der Waals surface area contributed by atoms with Gasteiger partial charge in [0.2, 0.25) is 17.3 Å². The minimum absolute atomic E-state index is 0.112. The van der Waals surface area contributed by atoms with Crippen LogP contribution in [0.4, 0.5) is 0 Å². The highest BCUT2D eigenvalue weighted by atomic mass is 31.2. The summed E-state index contributed by atoms with van der Waals surface area (Å²) >= 11 is 0. The molecule has 238 valence electrons. The third-order valence-corrected chi connectivity index (χ3v) is 8.59. The molecule has 0 aromatic carbocycles. The van der Waals surface area contributed by atoms with Gasteiger partial charge in [0.15, 0.2) is 6.10 Å². The summed E-state index contributed by atoms with van der Waals surface area (Å²) < 4.78 is 42.7. The van der Waals surface area contributed by atoms with Crippen molar-refractivity contribution in [2.24, 2.45) is 0 Å². The minimum Gasteiger partial charge on any atom is -0.463 e. The number of nitrogens with zero attached hydrogens (tertiary/aromatic N) is 2. The van der Waals surface area contributed by atoms with Gasteiger partial charge in [-0.05, 0) is 40.5 Å². The molecule has 1 N–H and O–H groups in total. The lowest BCUT2D eigenvalue weighted by Gasteiger charge is -2.35. The van der Waals surface area contributed by atoms with Crippen LogP contribution in [0.3, 0.4) is 0 Å². The monoisotopic (exact) mass is 617 g/mol. The molecule has 0 spiro atoms. The molecule has 1 aliphatic heterocycles. The van der Waals surface area contributed by atoms with Gasteiger partial charge in [-0.15, -0.1) is 0 Å². The predicted molar refractivity (Wildman–Crippen MR) is 148 cm³/mol. The third kappa shape index (κ3) is 8.58. The zero-order valence-electron chi connectivity index (χ0n) is 25.7. The van der Waals surface area contributed by atoms with Crippen molar-refractivity contribution in [3.05, 3.63) is 0 Å². The molecule has 0 aromatic heterocycles. The van der Waals surface area contributed by atoms with Gasteiger partial charge in [-0.25, -0.2) is 4.67 Å². The van der Waals surface area contributed by atoms with Crippen LogP contribution in [0.5, 0.6) is 0 Å². The molecule has 2 aliphatic rings. The van der Waals surface area contributed by atoms with Crippen LogP contribution in [-0.2, 0) is 51.9 Å². The number of hydrogen-bond acceptors (Lipinski definition) is 13. The normalized spacial score (nSPS) is 26.9. The van der Waals surface area contributed by atoms with Crippen LogP contribution in [0, 0.1) is 11.3 Å². The summed E-state index contributed by atoms with van der Waals surface area (Å²) in [6.45, 7) is 13.5. The average molecular weight is 618 g/mol. The first kappa shape index (κ1) is 35.8. The Balaban J connectivity index is 2.14. The highest BCUT2D eigenvalue weighted by Crippen LogP contribution is 2.64. The maximum atomic E-state index is 12.2. The van der Waals surface area contributed by atoms with Crippen LogP contribution in [0.2, 0.25) is 0 Å². The van der Waals surface area contributed by atoms with E-state index >= 15 is 0 Å². The Kier molecular flexibility index (Phi) is 13.5. The molecule has 1 saturated carbocycles. The zero-order valence-corrected chi connectivity index (χ0v) is 26.6. The second kappa shape index (κ2) is 15.9. The Morgan fingerprint density at radius 2 is 1.57 bits per heavy atom. The number of hydrogen-bond donors (Lipinski definition) is 1. The Bertz CT molecular complexity index is 998. The molecule has 1 amide bonds. The predicted octanol–water partition coefficient (Wildman–Crippen LogP) is 2.49. The molecule has 6 unspecified atom stereocenters. The Morgan fingerprint density at radius 1 is 0.952 bits per heavy atom. The molecule has 1 saturated heterocycles. The van der Waals surface area contributed by atoms with E-state index in [1.54, 1.807) is 0 Å². The van der Waals surface area contributed by atoms with E-state index in [0.717, 1.165) is 0 Å². The molecule has 0 radical (unpaired) electrons. The van der Waals surface area contributed by atoms with Crippen molar-refractivity contribution < 1.29 is 51.9 Å². The minimum atomic E-state index is -1.69. The van der Waals surface area contributed by atoms with E-state index in [1.165, 1.54) is 27.7 Å². The number of carbonyl (C=O) groups is 4. The van der Waals surface area contributed by atoms with Crippen LogP contribution in [0.15, 0.2) is 0 Å². The van der Waals surface area contributed by atoms with Gasteiger partial charge in [0, 0.05) is 39.8 Å². The van der Waals surface area contributed by atoms with Crippen molar-refractivity contribution in [2.75, 3.05) is 26.4 Å². The van der Waals surface area contributed by atoms with E-state index in [4.69, 9.17) is 38.0 Å². The fraction of sp³-hybridized carbons (Fsp3) is 0.815. The molecular weight excluding hydrogens is 573 g/mol. The average Bonchev–Trinajstić information content (AvgIpc) is 3.26. The molecule has 14 nitrogen and oxygen atoms in total. The molecule has 15 heteroatoms. The van der Waals surface area contributed by atoms with Crippen LogP contribution >= 0.6 is 8.53 Å². The van der Waals surface area contributed by atoms with Crippen LogP contribution < -0.4 is 5.32 Å². The summed E-state index contributed by atoms with van der Waals surface area (Å²) in [5, 5.41) is 11.6. The van der Waals surface area contributed by atoms with Gasteiger partial charge in [0.05, 0.1) is 32.3 Å². The van der Waals surface area contributed by atoms with Gasteiger partial charge in [0.25, 0.3) is 8.53 Å². The van der Waals surface area contributed by atoms with Gasteiger partial charge in [-0.1, -0.05) is 0 Å².